The van der Waals surface area contributed by atoms with Gasteiger partial charge in [0.2, 0.25) is 5.91 Å². The quantitative estimate of drug-likeness (QED) is 0.514. The fourth-order valence-electron chi connectivity index (χ4n) is 7.32. The molecule has 3 saturated carbocycles. The lowest BCUT2D eigenvalue weighted by atomic mass is 9.78. The number of hydrogen-bond donors (Lipinski definition) is 2. The van der Waals surface area contributed by atoms with E-state index in [2.05, 4.69) is 15.4 Å². The Hall–Kier alpha value is -2.00. The van der Waals surface area contributed by atoms with Gasteiger partial charge in [0, 0.05) is 32.3 Å². The van der Waals surface area contributed by atoms with Crippen molar-refractivity contribution in [3.05, 3.63) is 17.5 Å². The van der Waals surface area contributed by atoms with Gasteiger partial charge in [-0.25, -0.2) is 4.39 Å². The molecule has 3 aliphatic carbocycles. The Balaban J connectivity index is 1.15. The molecule has 1 aliphatic heterocycles. The number of carbonyl (C=O) groups is 2. The van der Waals surface area contributed by atoms with Crippen LogP contribution < -0.4 is 5.32 Å². The normalized spacial score (nSPS) is 37.2. The average Bonchev–Trinajstić information content (AvgIpc) is 3.12. The topological polar surface area (TPSA) is 105 Å². The second-order valence-electron chi connectivity index (χ2n) is 10.4. The van der Waals surface area contributed by atoms with Crippen molar-refractivity contribution >= 4 is 11.9 Å². The van der Waals surface area contributed by atoms with Crippen LogP contribution in [0.5, 0.6) is 0 Å². The first kappa shape index (κ1) is 22.8. The van der Waals surface area contributed by atoms with Crippen LogP contribution in [0.25, 0.3) is 0 Å². The van der Waals surface area contributed by atoms with E-state index >= 15 is 0 Å². The number of carboxylic acids is 1. The van der Waals surface area contributed by atoms with Gasteiger partial charge in [-0.15, -0.1) is 0 Å². The third-order valence-electron chi connectivity index (χ3n) is 8.70. The van der Waals surface area contributed by atoms with Crippen molar-refractivity contribution in [3.8, 4) is 0 Å². The lowest BCUT2D eigenvalue weighted by molar-refractivity contribution is -0.149. The fourth-order valence-corrected chi connectivity index (χ4v) is 7.32. The Morgan fingerprint density at radius 1 is 1.30 bits per heavy atom. The van der Waals surface area contributed by atoms with E-state index in [1.165, 1.54) is 0 Å². The molecule has 1 saturated heterocycles. The first-order chi connectivity index (χ1) is 15.9. The molecule has 1 amide bonds. The maximum absolute atomic E-state index is 13.3. The Morgan fingerprint density at radius 3 is 2.76 bits per heavy atom. The number of amides is 1. The first-order valence-electron chi connectivity index (χ1n) is 12.3. The van der Waals surface area contributed by atoms with Crippen LogP contribution in [0.4, 0.5) is 4.39 Å². The molecule has 1 spiro atoms. The molecule has 2 bridgehead atoms. The minimum Gasteiger partial charge on any atom is -0.481 e. The second kappa shape index (κ2) is 8.98. The molecule has 2 heterocycles. The summed E-state index contributed by atoms with van der Waals surface area (Å²) in [7, 11) is 0. The summed E-state index contributed by atoms with van der Waals surface area (Å²) in [4.78, 5) is 27.4. The zero-order valence-electron chi connectivity index (χ0n) is 19.2. The predicted octanol–water partition coefficient (Wildman–Crippen LogP) is 2.41. The van der Waals surface area contributed by atoms with Crippen LogP contribution in [0, 0.1) is 41.9 Å². The average molecular weight is 464 g/mol. The third-order valence-corrected chi connectivity index (χ3v) is 8.70. The van der Waals surface area contributed by atoms with Crippen molar-refractivity contribution in [3.63, 3.8) is 0 Å². The lowest BCUT2D eigenvalue weighted by Crippen LogP contribution is -2.41. The molecule has 2 unspecified atom stereocenters. The molecule has 1 aromatic heterocycles. The summed E-state index contributed by atoms with van der Waals surface area (Å²) in [6.07, 6.45) is 3.62. The summed E-state index contributed by atoms with van der Waals surface area (Å²) in [6, 6.07) is 1.77. The molecule has 0 radical (unpaired) electrons. The van der Waals surface area contributed by atoms with Crippen molar-refractivity contribution in [2.24, 2.45) is 35.0 Å². The molecule has 33 heavy (non-hydrogen) atoms. The number of carbonyl (C=O) groups excluding carboxylic acids is 1. The Bertz CT molecular complexity index is 893. The predicted molar refractivity (Wildman–Crippen MR) is 116 cm³/mol. The van der Waals surface area contributed by atoms with Crippen molar-refractivity contribution < 1.29 is 28.3 Å². The van der Waals surface area contributed by atoms with Crippen LogP contribution in [0.15, 0.2) is 10.6 Å². The summed E-state index contributed by atoms with van der Waals surface area (Å²) in [6.45, 7) is 5.35. The number of carboxylic acid groups (broad SMARTS) is 1. The van der Waals surface area contributed by atoms with E-state index in [4.69, 9.17) is 9.26 Å². The van der Waals surface area contributed by atoms with Crippen LogP contribution in [-0.4, -0.2) is 66.1 Å². The number of alkyl halides is 1. The van der Waals surface area contributed by atoms with Gasteiger partial charge < -0.3 is 19.7 Å². The lowest BCUT2D eigenvalue weighted by Gasteiger charge is -2.26. The molecule has 5 rings (SSSR count). The summed E-state index contributed by atoms with van der Waals surface area (Å²) in [5, 5.41) is 16.7. The van der Waals surface area contributed by atoms with Crippen LogP contribution in [0.1, 0.15) is 43.6 Å². The zero-order valence-corrected chi connectivity index (χ0v) is 19.2. The standard InChI is InChI=1S/C24H34FN3O5/c1-14-10-17(33-27-14)12-26-22(29)20-18-2-3-19(21(20)23(30)31)24(18)11-15(24)5-8-32-9-7-28-6-4-16(25)13-28/h10,15-16,18-21H,2-9,11-13H2,1H3,(H,26,29)(H,30,31)/t15?,16?,18-,19+,20+,21+,24-/m0/s1. The highest BCUT2D eigenvalue weighted by Crippen LogP contribution is 2.78. The number of aliphatic carboxylic acids is 1. The SMILES string of the molecule is Cc1cc(CNC(=O)[C@H]2[C@H](C(=O)O)[C@H]3CC[C@@H]2[C@@]32CC2CCOCCN2CCC(F)C2)on1. The van der Waals surface area contributed by atoms with E-state index in [1.807, 2.05) is 6.92 Å². The van der Waals surface area contributed by atoms with Crippen molar-refractivity contribution in [1.29, 1.82) is 0 Å². The van der Waals surface area contributed by atoms with E-state index in [9.17, 15) is 19.1 Å². The number of halogens is 1. The molecule has 4 fully saturated rings. The highest BCUT2D eigenvalue weighted by Gasteiger charge is 2.75. The number of hydrogen-bond acceptors (Lipinski definition) is 6. The molecule has 8 nitrogen and oxygen atoms in total. The van der Waals surface area contributed by atoms with Crippen molar-refractivity contribution in [1.82, 2.24) is 15.4 Å². The molecule has 2 N–H and O–H groups in total. The fraction of sp³-hybridized carbons (Fsp3) is 0.792. The number of nitrogens with zero attached hydrogens (tertiary/aromatic N) is 2. The molecule has 1 aromatic rings. The summed E-state index contributed by atoms with van der Waals surface area (Å²) < 4.78 is 24.3. The molecule has 182 valence electrons. The van der Waals surface area contributed by atoms with Gasteiger partial charge in [-0.1, -0.05) is 5.16 Å². The van der Waals surface area contributed by atoms with E-state index in [1.54, 1.807) is 6.07 Å². The Morgan fingerprint density at radius 2 is 2.09 bits per heavy atom. The molecule has 0 aromatic carbocycles. The van der Waals surface area contributed by atoms with E-state index in [0.29, 0.717) is 37.9 Å². The van der Waals surface area contributed by atoms with E-state index < -0.39 is 24.0 Å². The number of aryl methyl sites for hydroxylation is 1. The maximum Gasteiger partial charge on any atom is 0.307 e. The number of ether oxygens (including phenoxy) is 1. The van der Waals surface area contributed by atoms with Gasteiger partial charge >= 0.3 is 5.97 Å². The van der Waals surface area contributed by atoms with Gasteiger partial charge in [-0.2, -0.15) is 0 Å². The van der Waals surface area contributed by atoms with Gasteiger partial charge in [0.15, 0.2) is 5.76 Å². The van der Waals surface area contributed by atoms with Gasteiger partial charge in [0.1, 0.15) is 6.17 Å². The van der Waals surface area contributed by atoms with Gasteiger partial charge in [0.05, 0.1) is 30.7 Å². The highest BCUT2D eigenvalue weighted by molar-refractivity contribution is 5.86. The van der Waals surface area contributed by atoms with Gasteiger partial charge in [-0.05, 0) is 62.2 Å². The highest BCUT2D eigenvalue weighted by atomic mass is 19.1. The monoisotopic (exact) mass is 463 g/mol. The van der Waals surface area contributed by atoms with Crippen LogP contribution in [0.2, 0.25) is 0 Å². The largest absolute Gasteiger partial charge is 0.481 e. The number of aromatic nitrogens is 1. The van der Waals surface area contributed by atoms with E-state index in [-0.39, 0.29) is 29.7 Å². The first-order valence-corrected chi connectivity index (χ1v) is 12.3. The van der Waals surface area contributed by atoms with Crippen molar-refractivity contribution in [2.75, 3.05) is 32.8 Å². The molecular weight excluding hydrogens is 429 g/mol. The summed E-state index contributed by atoms with van der Waals surface area (Å²) >= 11 is 0. The summed E-state index contributed by atoms with van der Waals surface area (Å²) in [5.41, 5.74) is 0.727. The minimum absolute atomic E-state index is 0.0202. The number of nitrogens with one attached hydrogen (secondary N) is 1. The molecule has 9 heteroatoms. The Kier molecular flexibility index (Phi) is 6.20. The number of rotatable bonds is 10. The van der Waals surface area contributed by atoms with Gasteiger partial charge in [0.25, 0.3) is 0 Å². The molecule has 7 atom stereocenters. The zero-order chi connectivity index (χ0) is 23.2. The van der Waals surface area contributed by atoms with Crippen LogP contribution in [-0.2, 0) is 20.9 Å². The maximum atomic E-state index is 13.3. The number of likely N-dealkylation sites (tertiary alicyclic amines) is 1. The van der Waals surface area contributed by atoms with Crippen LogP contribution >= 0.6 is 0 Å². The molecule has 4 aliphatic rings. The smallest absolute Gasteiger partial charge is 0.307 e. The van der Waals surface area contributed by atoms with Crippen LogP contribution in [0.3, 0.4) is 0 Å². The second-order valence-corrected chi connectivity index (χ2v) is 10.4. The van der Waals surface area contributed by atoms with Crippen molar-refractivity contribution in [2.45, 2.75) is 51.7 Å². The minimum atomic E-state index is -0.851. The van der Waals surface area contributed by atoms with E-state index in [0.717, 1.165) is 44.5 Å². The van der Waals surface area contributed by atoms with Gasteiger partial charge in [-0.3, -0.25) is 14.5 Å². The summed E-state index contributed by atoms with van der Waals surface area (Å²) in [5.74, 6) is -0.945. The molecular formula is C24H34FN3O5. The Labute approximate surface area is 193 Å². The third kappa shape index (κ3) is 4.18.